The molecule has 0 unspecified atom stereocenters. The van der Waals surface area contributed by atoms with Crippen molar-refractivity contribution in [2.24, 2.45) is 0 Å². The van der Waals surface area contributed by atoms with Crippen LogP contribution >= 0.6 is 11.3 Å². The molecule has 9 heteroatoms. The highest BCUT2D eigenvalue weighted by Crippen LogP contribution is 2.28. The first kappa shape index (κ1) is 29.0. The number of rotatable bonds is 14. The van der Waals surface area contributed by atoms with Gasteiger partial charge in [0.05, 0.1) is 27.4 Å². The smallest absolute Gasteiger partial charge is 0.322 e. The standard InChI is InChI=1S/C29H37N3O5S/c1-5-22-8-6-9-24(18-22)30-29(34)32(15-16-35-2)21-28(33)31(20-25-10-7-17-38-25)14-13-23-11-12-26(36-3)27(19-23)37-4/h6-12,17-19H,5,13-16,20-21H2,1-4H3,(H,30,34). The van der Waals surface area contributed by atoms with E-state index in [1.165, 1.54) is 4.90 Å². The average Bonchev–Trinajstić information content (AvgIpc) is 3.46. The zero-order valence-corrected chi connectivity index (χ0v) is 23.4. The van der Waals surface area contributed by atoms with Gasteiger partial charge in [0.1, 0.15) is 6.54 Å². The molecule has 1 aromatic heterocycles. The number of carbonyl (C=O) groups excluding carboxylic acids is 2. The van der Waals surface area contributed by atoms with E-state index in [4.69, 9.17) is 14.2 Å². The summed E-state index contributed by atoms with van der Waals surface area (Å²) in [6.07, 6.45) is 1.50. The fraction of sp³-hybridized carbons (Fsp3) is 0.379. The number of benzene rings is 2. The second-order valence-electron chi connectivity index (χ2n) is 8.73. The van der Waals surface area contributed by atoms with Crippen molar-refractivity contribution in [1.82, 2.24) is 9.80 Å². The molecular formula is C29H37N3O5S. The minimum absolute atomic E-state index is 0.0556. The Morgan fingerprint density at radius 2 is 1.71 bits per heavy atom. The quantitative estimate of drug-likeness (QED) is 0.309. The van der Waals surface area contributed by atoms with Crippen molar-refractivity contribution >= 4 is 29.0 Å². The van der Waals surface area contributed by atoms with E-state index < -0.39 is 0 Å². The molecule has 0 aliphatic rings. The van der Waals surface area contributed by atoms with Gasteiger partial charge in [-0.3, -0.25) is 4.79 Å². The van der Waals surface area contributed by atoms with Crippen LogP contribution in [0.3, 0.4) is 0 Å². The number of aryl methyl sites for hydroxylation is 1. The van der Waals surface area contributed by atoms with E-state index in [-0.39, 0.29) is 18.5 Å². The third-order valence-corrected chi connectivity index (χ3v) is 7.02. The highest BCUT2D eigenvalue weighted by atomic mass is 32.1. The Hall–Kier alpha value is -3.56. The lowest BCUT2D eigenvalue weighted by atomic mass is 10.1. The van der Waals surface area contributed by atoms with Crippen molar-refractivity contribution < 1.29 is 23.8 Å². The van der Waals surface area contributed by atoms with E-state index >= 15 is 0 Å². The van der Waals surface area contributed by atoms with Crippen LogP contribution in [0.25, 0.3) is 0 Å². The topological polar surface area (TPSA) is 80.3 Å². The number of ether oxygens (including phenoxy) is 3. The van der Waals surface area contributed by atoms with Crippen LogP contribution in [0.15, 0.2) is 60.0 Å². The molecule has 0 atom stereocenters. The van der Waals surface area contributed by atoms with Crippen LogP contribution in [-0.2, 0) is 28.9 Å². The largest absolute Gasteiger partial charge is 0.493 e. The zero-order valence-electron chi connectivity index (χ0n) is 22.6. The third kappa shape index (κ3) is 8.49. The van der Waals surface area contributed by atoms with E-state index in [1.807, 2.05) is 60.0 Å². The summed E-state index contributed by atoms with van der Waals surface area (Å²) in [6.45, 7) is 3.59. The number of nitrogens with zero attached hydrogens (tertiary/aromatic N) is 2. The van der Waals surface area contributed by atoms with Crippen molar-refractivity contribution in [3.8, 4) is 11.5 Å². The molecule has 0 aliphatic carbocycles. The summed E-state index contributed by atoms with van der Waals surface area (Å²) in [5, 5.41) is 4.93. The Morgan fingerprint density at radius 3 is 2.39 bits per heavy atom. The van der Waals surface area contributed by atoms with Gasteiger partial charge in [0.15, 0.2) is 11.5 Å². The second kappa shape index (κ2) is 15.0. The molecule has 1 N–H and O–H groups in total. The number of hydrogen-bond acceptors (Lipinski definition) is 6. The van der Waals surface area contributed by atoms with Gasteiger partial charge in [-0.1, -0.05) is 31.2 Å². The first-order valence-electron chi connectivity index (χ1n) is 12.6. The van der Waals surface area contributed by atoms with Crippen LogP contribution < -0.4 is 14.8 Å². The molecule has 204 valence electrons. The first-order chi connectivity index (χ1) is 18.5. The van der Waals surface area contributed by atoms with Crippen molar-refractivity contribution in [2.75, 3.05) is 52.9 Å². The maximum absolute atomic E-state index is 13.6. The molecule has 2 aromatic carbocycles. The fourth-order valence-corrected chi connectivity index (χ4v) is 4.69. The number of amides is 3. The molecular weight excluding hydrogens is 502 g/mol. The summed E-state index contributed by atoms with van der Waals surface area (Å²) in [6, 6.07) is 17.1. The number of carbonyl (C=O) groups is 2. The molecule has 38 heavy (non-hydrogen) atoms. The molecule has 3 rings (SSSR count). The van der Waals surface area contributed by atoms with Crippen LogP contribution in [0, 0.1) is 0 Å². The van der Waals surface area contributed by atoms with Gasteiger partial charge in [0.25, 0.3) is 0 Å². The van der Waals surface area contributed by atoms with E-state index in [1.54, 1.807) is 37.6 Å². The summed E-state index contributed by atoms with van der Waals surface area (Å²) in [4.78, 5) is 31.1. The number of thiophene rings is 1. The van der Waals surface area contributed by atoms with Gasteiger partial charge in [-0.05, 0) is 59.7 Å². The lowest BCUT2D eigenvalue weighted by Crippen LogP contribution is -2.46. The molecule has 3 aromatic rings. The summed E-state index contributed by atoms with van der Waals surface area (Å²) in [7, 11) is 4.78. The molecule has 3 amide bonds. The van der Waals surface area contributed by atoms with Crippen LogP contribution in [-0.4, -0.2) is 69.3 Å². The molecule has 0 aliphatic heterocycles. The molecule has 0 bridgehead atoms. The normalized spacial score (nSPS) is 10.6. The monoisotopic (exact) mass is 539 g/mol. The third-order valence-electron chi connectivity index (χ3n) is 6.16. The Bertz CT molecular complexity index is 1170. The van der Waals surface area contributed by atoms with Gasteiger partial charge < -0.3 is 29.3 Å². The summed E-state index contributed by atoms with van der Waals surface area (Å²) < 4.78 is 16.0. The Kier molecular flexibility index (Phi) is 11.4. The Morgan fingerprint density at radius 1 is 0.895 bits per heavy atom. The Labute approximate surface area is 229 Å². The fourth-order valence-electron chi connectivity index (χ4n) is 3.97. The van der Waals surface area contributed by atoms with Crippen molar-refractivity contribution in [3.63, 3.8) is 0 Å². The highest BCUT2D eigenvalue weighted by molar-refractivity contribution is 7.09. The predicted molar refractivity (Wildman–Crippen MR) is 151 cm³/mol. The van der Waals surface area contributed by atoms with Gasteiger partial charge >= 0.3 is 6.03 Å². The van der Waals surface area contributed by atoms with Crippen LogP contribution in [0.1, 0.15) is 22.9 Å². The van der Waals surface area contributed by atoms with Gasteiger partial charge in [0, 0.05) is 30.8 Å². The maximum Gasteiger partial charge on any atom is 0.322 e. The van der Waals surface area contributed by atoms with Crippen molar-refractivity contribution in [2.45, 2.75) is 26.3 Å². The van der Waals surface area contributed by atoms with Gasteiger partial charge in [-0.25, -0.2) is 4.79 Å². The highest BCUT2D eigenvalue weighted by Gasteiger charge is 2.22. The zero-order chi connectivity index (χ0) is 27.3. The number of anilines is 1. The molecule has 0 saturated carbocycles. The molecule has 1 heterocycles. The summed E-state index contributed by atoms with van der Waals surface area (Å²) in [5.41, 5.74) is 2.85. The van der Waals surface area contributed by atoms with E-state index in [0.29, 0.717) is 49.8 Å². The number of nitrogens with one attached hydrogen (secondary N) is 1. The minimum atomic E-state index is -0.334. The minimum Gasteiger partial charge on any atom is -0.493 e. The molecule has 0 fully saturated rings. The van der Waals surface area contributed by atoms with E-state index in [9.17, 15) is 9.59 Å². The van der Waals surface area contributed by atoms with Crippen LogP contribution in [0.5, 0.6) is 11.5 Å². The molecule has 0 spiro atoms. The van der Waals surface area contributed by atoms with Gasteiger partial charge in [-0.15, -0.1) is 11.3 Å². The average molecular weight is 540 g/mol. The summed E-state index contributed by atoms with van der Waals surface area (Å²) >= 11 is 1.60. The van der Waals surface area contributed by atoms with Crippen molar-refractivity contribution in [1.29, 1.82) is 0 Å². The van der Waals surface area contributed by atoms with Crippen LogP contribution in [0.2, 0.25) is 0 Å². The van der Waals surface area contributed by atoms with Gasteiger partial charge in [-0.2, -0.15) is 0 Å². The van der Waals surface area contributed by atoms with E-state index in [2.05, 4.69) is 12.2 Å². The van der Waals surface area contributed by atoms with Gasteiger partial charge in [0.2, 0.25) is 5.91 Å². The number of urea groups is 1. The molecule has 8 nitrogen and oxygen atoms in total. The lowest BCUT2D eigenvalue weighted by molar-refractivity contribution is -0.132. The summed E-state index contributed by atoms with van der Waals surface area (Å²) in [5.74, 6) is 1.18. The SMILES string of the molecule is CCc1cccc(NC(=O)N(CCOC)CC(=O)N(CCc2ccc(OC)c(OC)c2)Cc2cccs2)c1. The lowest BCUT2D eigenvalue weighted by Gasteiger charge is -2.28. The van der Waals surface area contributed by atoms with Crippen molar-refractivity contribution in [3.05, 3.63) is 76.0 Å². The first-order valence-corrected chi connectivity index (χ1v) is 13.5. The predicted octanol–water partition coefficient (Wildman–Crippen LogP) is 5.08. The number of methoxy groups -OCH3 is 3. The maximum atomic E-state index is 13.6. The second-order valence-corrected chi connectivity index (χ2v) is 9.76. The molecule has 0 saturated heterocycles. The number of hydrogen-bond donors (Lipinski definition) is 1. The Balaban J connectivity index is 1.73. The molecule has 0 radical (unpaired) electrons. The van der Waals surface area contributed by atoms with E-state index in [0.717, 1.165) is 22.4 Å². The van der Waals surface area contributed by atoms with Crippen LogP contribution in [0.4, 0.5) is 10.5 Å².